The van der Waals surface area contributed by atoms with Crippen LogP contribution in [0.1, 0.15) is 19.8 Å². The van der Waals surface area contributed by atoms with E-state index in [0.29, 0.717) is 0 Å². The van der Waals surface area contributed by atoms with Gasteiger partial charge in [0.1, 0.15) is 0 Å². The number of thiazole rings is 1. The van der Waals surface area contributed by atoms with Gasteiger partial charge in [-0.1, -0.05) is 6.92 Å². The highest BCUT2D eigenvalue weighted by atomic mass is 32.1. The molecule has 2 fully saturated rings. The van der Waals surface area contributed by atoms with Crippen molar-refractivity contribution in [3.63, 3.8) is 0 Å². The van der Waals surface area contributed by atoms with E-state index in [1.807, 2.05) is 6.20 Å². The lowest BCUT2D eigenvalue weighted by molar-refractivity contribution is 0.0244. The Morgan fingerprint density at radius 1 is 1.19 bits per heavy atom. The molecule has 0 aromatic carbocycles. The molecule has 6 heteroatoms. The summed E-state index contributed by atoms with van der Waals surface area (Å²) < 4.78 is 0. The summed E-state index contributed by atoms with van der Waals surface area (Å²) in [5.74, 6) is 0. The zero-order valence-corrected chi connectivity index (χ0v) is 13.8. The van der Waals surface area contributed by atoms with E-state index < -0.39 is 0 Å². The second kappa shape index (κ2) is 6.60. The smallest absolute Gasteiger partial charge is 0.185 e. The SMILES string of the molecule is CCN1CCC(CN)(N2CCN(c3nccs3)CC2)CC1. The van der Waals surface area contributed by atoms with E-state index in [1.54, 1.807) is 11.3 Å². The van der Waals surface area contributed by atoms with Gasteiger partial charge in [0.15, 0.2) is 5.13 Å². The average Bonchev–Trinajstić information content (AvgIpc) is 3.09. The standard InChI is InChI=1S/C15H27N5S/c1-2-18-6-3-15(13-16,4-7-18)20-10-8-19(9-11-20)14-17-5-12-21-14/h5,12H,2-4,6-11,13,16H2,1H3. The van der Waals surface area contributed by atoms with Gasteiger partial charge in [-0.2, -0.15) is 0 Å². The summed E-state index contributed by atoms with van der Waals surface area (Å²) in [5.41, 5.74) is 6.44. The van der Waals surface area contributed by atoms with Crippen molar-refractivity contribution in [1.82, 2.24) is 14.8 Å². The minimum absolute atomic E-state index is 0.237. The molecule has 118 valence electrons. The number of piperidine rings is 1. The van der Waals surface area contributed by atoms with Crippen LogP contribution in [0.2, 0.25) is 0 Å². The van der Waals surface area contributed by atoms with Gasteiger partial charge in [0.2, 0.25) is 0 Å². The molecule has 1 aromatic heterocycles. The summed E-state index contributed by atoms with van der Waals surface area (Å²) in [6, 6.07) is 0. The molecule has 0 radical (unpaired) electrons. The third-order valence-corrected chi connectivity index (χ3v) is 6.09. The highest BCUT2D eigenvalue weighted by Crippen LogP contribution is 2.30. The van der Waals surface area contributed by atoms with E-state index in [-0.39, 0.29) is 5.54 Å². The molecule has 0 unspecified atom stereocenters. The first-order valence-electron chi connectivity index (χ1n) is 8.09. The summed E-state index contributed by atoms with van der Waals surface area (Å²) in [4.78, 5) is 12.0. The highest BCUT2D eigenvalue weighted by Gasteiger charge is 2.39. The van der Waals surface area contributed by atoms with Crippen LogP contribution < -0.4 is 10.6 Å². The molecule has 0 aliphatic carbocycles. The molecule has 3 heterocycles. The maximum Gasteiger partial charge on any atom is 0.185 e. The van der Waals surface area contributed by atoms with Crippen LogP contribution in [0.4, 0.5) is 5.13 Å². The summed E-state index contributed by atoms with van der Waals surface area (Å²) in [6.45, 7) is 11.0. The van der Waals surface area contributed by atoms with Gasteiger partial charge < -0.3 is 15.5 Å². The summed E-state index contributed by atoms with van der Waals surface area (Å²) in [6.07, 6.45) is 4.33. The molecule has 21 heavy (non-hydrogen) atoms. The second-order valence-corrected chi connectivity index (χ2v) is 7.02. The zero-order valence-electron chi connectivity index (χ0n) is 13.0. The molecule has 1 aromatic rings. The number of aromatic nitrogens is 1. The van der Waals surface area contributed by atoms with Crippen LogP contribution in [0, 0.1) is 0 Å². The van der Waals surface area contributed by atoms with Crippen LogP contribution in [0.15, 0.2) is 11.6 Å². The molecule has 0 saturated carbocycles. The van der Waals surface area contributed by atoms with Crippen molar-refractivity contribution >= 4 is 16.5 Å². The van der Waals surface area contributed by atoms with E-state index in [0.717, 1.165) is 37.9 Å². The Hall–Kier alpha value is -0.690. The average molecular weight is 309 g/mol. The topological polar surface area (TPSA) is 48.6 Å². The van der Waals surface area contributed by atoms with E-state index in [4.69, 9.17) is 5.73 Å². The van der Waals surface area contributed by atoms with Crippen LogP contribution in [0.25, 0.3) is 0 Å². The normalized spacial score (nSPS) is 24.4. The first-order valence-corrected chi connectivity index (χ1v) is 8.97. The lowest BCUT2D eigenvalue weighted by Crippen LogP contribution is -2.63. The van der Waals surface area contributed by atoms with Crippen molar-refractivity contribution in [1.29, 1.82) is 0 Å². The van der Waals surface area contributed by atoms with Crippen molar-refractivity contribution in [3.05, 3.63) is 11.6 Å². The lowest BCUT2D eigenvalue weighted by atomic mass is 9.85. The highest BCUT2D eigenvalue weighted by molar-refractivity contribution is 7.13. The van der Waals surface area contributed by atoms with Crippen molar-refractivity contribution < 1.29 is 0 Å². The summed E-state index contributed by atoms with van der Waals surface area (Å²) in [7, 11) is 0. The van der Waals surface area contributed by atoms with Crippen molar-refractivity contribution in [2.24, 2.45) is 5.73 Å². The number of hydrogen-bond acceptors (Lipinski definition) is 6. The Kier molecular flexibility index (Phi) is 4.78. The van der Waals surface area contributed by atoms with Crippen LogP contribution in [0.5, 0.6) is 0 Å². The number of rotatable bonds is 4. The molecule has 2 aliphatic heterocycles. The number of nitrogens with zero attached hydrogens (tertiary/aromatic N) is 4. The van der Waals surface area contributed by atoms with E-state index >= 15 is 0 Å². The van der Waals surface area contributed by atoms with Crippen molar-refractivity contribution in [2.75, 3.05) is 57.3 Å². The molecule has 2 aliphatic rings. The molecule has 0 bridgehead atoms. The fourth-order valence-electron chi connectivity index (χ4n) is 3.68. The summed E-state index contributed by atoms with van der Waals surface area (Å²) >= 11 is 1.74. The first-order chi connectivity index (χ1) is 10.3. The molecule has 0 amide bonds. The second-order valence-electron chi connectivity index (χ2n) is 6.15. The van der Waals surface area contributed by atoms with E-state index in [1.165, 1.54) is 32.5 Å². The molecular weight excluding hydrogens is 282 g/mol. The third-order valence-electron chi connectivity index (χ3n) is 5.25. The largest absolute Gasteiger partial charge is 0.346 e. The van der Waals surface area contributed by atoms with Gasteiger partial charge >= 0.3 is 0 Å². The molecule has 2 N–H and O–H groups in total. The fourth-order valence-corrected chi connectivity index (χ4v) is 4.38. The lowest BCUT2D eigenvalue weighted by Gasteiger charge is -2.51. The number of likely N-dealkylation sites (tertiary alicyclic amines) is 1. The Morgan fingerprint density at radius 2 is 1.90 bits per heavy atom. The third kappa shape index (κ3) is 3.08. The minimum Gasteiger partial charge on any atom is -0.346 e. The predicted molar refractivity (Wildman–Crippen MR) is 89.0 cm³/mol. The monoisotopic (exact) mass is 309 g/mol. The Morgan fingerprint density at radius 3 is 2.43 bits per heavy atom. The van der Waals surface area contributed by atoms with Crippen LogP contribution >= 0.6 is 11.3 Å². The van der Waals surface area contributed by atoms with E-state index in [9.17, 15) is 0 Å². The number of hydrogen-bond donors (Lipinski definition) is 1. The van der Waals surface area contributed by atoms with Crippen LogP contribution in [0.3, 0.4) is 0 Å². The van der Waals surface area contributed by atoms with Gasteiger partial charge in [-0.15, -0.1) is 11.3 Å². The fraction of sp³-hybridized carbons (Fsp3) is 0.800. The first kappa shape index (κ1) is 15.2. The zero-order chi connectivity index (χ0) is 14.7. The van der Waals surface area contributed by atoms with Gasteiger partial charge in [-0.3, -0.25) is 4.90 Å². The molecule has 2 saturated heterocycles. The van der Waals surface area contributed by atoms with Crippen LogP contribution in [-0.4, -0.2) is 72.7 Å². The maximum atomic E-state index is 6.20. The Balaban J connectivity index is 1.59. The predicted octanol–water partition coefficient (Wildman–Crippen LogP) is 1.08. The van der Waals surface area contributed by atoms with Gasteiger partial charge in [-0.05, 0) is 32.5 Å². The Bertz CT molecular complexity index is 419. The number of anilines is 1. The van der Waals surface area contributed by atoms with Crippen LogP contribution in [-0.2, 0) is 0 Å². The number of piperazine rings is 1. The van der Waals surface area contributed by atoms with Gasteiger partial charge in [0.25, 0.3) is 0 Å². The maximum absolute atomic E-state index is 6.20. The van der Waals surface area contributed by atoms with Gasteiger partial charge in [0, 0.05) is 49.8 Å². The molecule has 0 spiro atoms. The number of nitrogens with two attached hydrogens (primary N) is 1. The van der Waals surface area contributed by atoms with E-state index in [2.05, 4.69) is 32.0 Å². The molecule has 5 nitrogen and oxygen atoms in total. The van der Waals surface area contributed by atoms with Crippen molar-refractivity contribution in [2.45, 2.75) is 25.3 Å². The van der Waals surface area contributed by atoms with Crippen molar-refractivity contribution in [3.8, 4) is 0 Å². The Labute approximate surface area is 131 Å². The van der Waals surface area contributed by atoms with Gasteiger partial charge in [0.05, 0.1) is 0 Å². The minimum atomic E-state index is 0.237. The quantitative estimate of drug-likeness (QED) is 0.902. The molecule has 0 atom stereocenters. The summed E-state index contributed by atoms with van der Waals surface area (Å²) in [5, 5.41) is 3.22. The molecule has 3 rings (SSSR count). The van der Waals surface area contributed by atoms with Gasteiger partial charge in [-0.25, -0.2) is 4.98 Å². The molecular formula is C15H27N5S.